The molecule has 1 aromatic carbocycles. The van der Waals surface area contributed by atoms with E-state index < -0.39 is 0 Å². The van der Waals surface area contributed by atoms with Gasteiger partial charge in [0.2, 0.25) is 0 Å². The zero-order valence-corrected chi connectivity index (χ0v) is 13.6. The molecule has 0 bridgehead atoms. The van der Waals surface area contributed by atoms with E-state index in [4.69, 9.17) is 0 Å². The van der Waals surface area contributed by atoms with Crippen molar-refractivity contribution in [2.24, 2.45) is 5.92 Å². The topological polar surface area (TPSA) is 49.4 Å². The number of amides is 2. The highest BCUT2D eigenvalue weighted by atomic mass is 16.2. The van der Waals surface area contributed by atoms with Gasteiger partial charge in [0, 0.05) is 30.8 Å². The summed E-state index contributed by atoms with van der Waals surface area (Å²) in [6, 6.07) is 7.00. The van der Waals surface area contributed by atoms with Gasteiger partial charge in [0.05, 0.1) is 0 Å². The number of benzene rings is 1. The highest BCUT2D eigenvalue weighted by Crippen LogP contribution is 2.18. The lowest BCUT2D eigenvalue weighted by atomic mass is 9.99. The fourth-order valence-electron chi connectivity index (χ4n) is 2.80. The van der Waals surface area contributed by atoms with Gasteiger partial charge in [0.1, 0.15) is 0 Å². The van der Waals surface area contributed by atoms with Gasteiger partial charge >= 0.3 is 0 Å². The summed E-state index contributed by atoms with van der Waals surface area (Å²) in [4.78, 5) is 26.3. The monoisotopic (exact) mass is 302 g/mol. The maximum absolute atomic E-state index is 12.5. The highest BCUT2D eigenvalue weighted by molar-refractivity contribution is 5.97. The number of carbonyl (C=O) groups is 2. The first-order valence-corrected chi connectivity index (χ1v) is 8.29. The van der Waals surface area contributed by atoms with Gasteiger partial charge in [-0.3, -0.25) is 9.59 Å². The number of likely N-dealkylation sites (tertiary alicyclic amines) is 1. The fourth-order valence-corrected chi connectivity index (χ4v) is 2.80. The molecule has 1 fully saturated rings. The summed E-state index contributed by atoms with van der Waals surface area (Å²) in [6.45, 7) is 6.64. The van der Waals surface area contributed by atoms with Crippen molar-refractivity contribution in [1.29, 1.82) is 0 Å². The third-order valence-corrected chi connectivity index (χ3v) is 4.15. The summed E-state index contributed by atoms with van der Waals surface area (Å²) in [5.74, 6) is 0.574. The average molecular weight is 302 g/mol. The van der Waals surface area contributed by atoms with Crippen molar-refractivity contribution < 1.29 is 9.59 Å². The Morgan fingerprint density at radius 3 is 2.55 bits per heavy atom. The second-order valence-electron chi connectivity index (χ2n) is 6.19. The average Bonchev–Trinajstić information content (AvgIpc) is 2.54. The van der Waals surface area contributed by atoms with E-state index in [-0.39, 0.29) is 11.8 Å². The molecule has 4 nitrogen and oxygen atoms in total. The van der Waals surface area contributed by atoms with Gasteiger partial charge in [-0.15, -0.1) is 0 Å². The Balaban J connectivity index is 1.96. The van der Waals surface area contributed by atoms with Crippen molar-refractivity contribution in [2.45, 2.75) is 39.5 Å². The number of hydrogen-bond donors (Lipinski definition) is 1. The van der Waals surface area contributed by atoms with Crippen LogP contribution in [0.4, 0.5) is 0 Å². The maximum Gasteiger partial charge on any atom is 0.253 e. The molecule has 1 N–H and O–H groups in total. The molecule has 1 unspecified atom stereocenters. The number of hydrogen-bond acceptors (Lipinski definition) is 2. The van der Waals surface area contributed by atoms with Crippen LogP contribution in [0.3, 0.4) is 0 Å². The quantitative estimate of drug-likeness (QED) is 0.850. The minimum atomic E-state index is -0.0703. The van der Waals surface area contributed by atoms with E-state index in [0.717, 1.165) is 32.4 Å². The van der Waals surface area contributed by atoms with Gasteiger partial charge < -0.3 is 10.2 Å². The smallest absolute Gasteiger partial charge is 0.253 e. The van der Waals surface area contributed by atoms with Crippen LogP contribution >= 0.6 is 0 Å². The van der Waals surface area contributed by atoms with E-state index in [1.54, 1.807) is 24.3 Å². The third-order valence-electron chi connectivity index (χ3n) is 4.15. The summed E-state index contributed by atoms with van der Waals surface area (Å²) in [7, 11) is 0. The Labute approximate surface area is 132 Å². The lowest BCUT2D eigenvalue weighted by Crippen LogP contribution is -2.39. The number of piperidine rings is 1. The molecule has 1 atom stereocenters. The number of rotatable bonds is 5. The normalized spacial score (nSPS) is 18.1. The van der Waals surface area contributed by atoms with Gasteiger partial charge in [0.25, 0.3) is 11.8 Å². The molecule has 0 aromatic heterocycles. The minimum Gasteiger partial charge on any atom is -0.352 e. The van der Waals surface area contributed by atoms with Crippen LogP contribution in [0.1, 0.15) is 60.2 Å². The van der Waals surface area contributed by atoms with Crippen LogP contribution in [0.2, 0.25) is 0 Å². The summed E-state index contributed by atoms with van der Waals surface area (Å²) in [5, 5.41) is 2.88. The number of nitrogens with one attached hydrogen (secondary N) is 1. The molecule has 2 rings (SSSR count). The number of carbonyl (C=O) groups excluding carboxylic acids is 2. The Morgan fingerprint density at radius 2 is 1.91 bits per heavy atom. The third kappa shape index (κ3) is 4.33. The van der Waals surface area contributed by atoms with Gasteiger partial charge in [-0.25, -0.2) is 0 Å². The predicted molar refractivity (Wildman–Crippen MR) is 88.0 cm³/mol. The Bertz CT molecular complexity index is 510. The van der Waals surface area contributed by atoms with Crippen molar-refractivity contribution in [3.63, 3.8) is 0 Å². The van der Waals surface area contributed by atoms with E-state index in [1.807, 2.05) is 4.90 Å². The minimum absolute atomic E-state index is 0.0703. The van der Waals surface area contributed by atoms with Crippen LogP contribution in [0, 0.1) is 5.92 Å². The molecule has 1 saturated heterocycles. The number of unbranched alkanes of at least 4 members (excludes halogenated alkanes) is 1. The van der Waals surface area contributed by atoms with E-state index in [0.29, 0.717) is 23.6 Å². The van der Waals surface area contributed by atoms with Crippen LogP contribution in [-0.4, -0.2) is 36.3 Å². The van der Waals surface area contributed by atoms with Crippen molar-refractivity contribution in [3.05, 3.63) is 35.4 Å². The second kappa shape index (κ2) is 7.97. The van der Waals surface area contributed by atoms with Crippen LogP contribution in [0.15, 0.2) is 24.3 Å². The molecule has 120 valence electrons. The van der Waals surface area contributed by atoms with E-state index in [2.05, 4.69) is 19.2 Å². The standard InChI is InChI=1S/C18H26N2O2/c1-3-4-11-19-17(21)15-7-9-16(10-8-15)18(22)20-12-5-6-14(2)13-20/h7-10,14H,3-6,11-13H2,1-2H3,(H,19,21). The Morgan fingerprint density at radius 1 is 1.23 bits per heavy atom. The van der Waals surface area contributed by atoms with Crippen molar-refractivity contribution in [3.8, 4) is 0 Å². The lowest BCUT2D eigenvalue weighted by Gasteiger charge is -2.31. The summed E-state index contributed by atoms with van der Waals surface area (Å²) in [5.41, 5.74) is 1.28. The molecule has 1 aliphatic heterocycles. The van der Waals surface area contributed by atoms with Gasteiger partial charge in [-0.1, -0.05) is 20.3 Å². The first-order chi connectivity index (χ1) is 10.6. The molecule has 4 heteroatoms. The summed E-state index contributed by atoms with van der Waals surface area (Å²) < 4.78 is 0. The van der Waals surface area contributed by atoms with Gasteiger partial charge in [-0.2, -0.15) is 0 Å². The zero-order chi connectivity index (χ0) is 15.9. The summed E-state index contributed by atoms with van der Waals surface area (Å²) in [6.07, 6.45) is 4.31. The van der Waals surface area contributed by atoms with E-state index in [9.17, 15) is 9.59 Å². The first kappa shape index (κ1) is 16.5. The Kier molecular flexibility index (Phi) is 5.99. The largest absolute Gasteiger partial charge is 0.352 e. The van der Waals surface area contributed by atoms with Crippen molar-refractivity contribution >= 4 is 11.8 Å². The van der Waals surface area contributed by atoms with E-state index in [1.165, 1.54) is 6.42 Å². The van der Waals surface area contributed by atoms with Crippen LogP contribution < -0.4 is 5.32 Å². The number of nitrogens with zero attached hydrogens (tertiary/aromatic N) is 1. The molecule has 0 saturated carbocycles. The van der Waals surface area contributed by atoms with Crippen molar-refractivity contribution in [2.75, 3.05) is 19.6 Å². The van der Waals surface area contributed by atoms with Crippen LogP contribution in [-0.2, 0) is 0 Å². The molecule has 2 amide bonds. The molecule has 22 heavy (non-hydrogen) atoms. The SMILES string of the molecule is CCCCNC(=O)c1ccc(C(=O)N2CCCC(C)C2)cc1. The lowest BCUT2D eigenvalue weighted by molar-refractivity contribution is 0.0682. The van der Waals surface area contributed by atoms with E-state index >= 15 is 0 Å². The maximum atomic E-state index is 12.5. The molecular weight excluding hydrogens is 276 g/mol. The van der Waals surface area contributed by atoms with Gasteiger partial charge in [0.15, 0.2) is 0 Å². The molecule has 0 radical (unpaired) electrons. The molecule has 0 spiro atoms. The fraction of sp³-hybridized carbons (Fsp3) is 0.556. The Hall–Kier alpha value is -1.84. The molecule has 1 aromatic rings. The first-order valence-electron chi connectivity index (χ1n) is 8.29. The highest BCUT2D eigenvalue weighted by Gasteiger charge is 2.22. The zero-order valence-electron chi connectivity index (χ0n) is 13.6. The summed E-state index contributed by atoms with van der Waals surface area (Å²) >= 11 is 0. The molecule has 1 aliphatic rings. The molecular formula is C18H26N2O2. The van der Waals surface area contributed by atoms with Gasteiger partial charge in [-0.05, 0) is 49.4 Å². The molecule has 1 heterocycles. The predicted octanol–water partition coefficient (Wildman–Crippen LogP) is 3.09. The molecule has 0 aliphatic carbocycles. The van der Waals surface area contributed by atoms with Crippen LogP contribution in [0.25, 0.3) is 0 Å². The van der Waals surface area contributed by atoms with Crippen LogP contribution in [0.5, 0.6) is 0 Å². The van der Waals surface area contributed by atoms with Crippen molar-refractivity contribution in [1.82, 2.24) is 10.2 Å². The second-order valence-corrected chi connectivity index (χ2v) is 6.19.